The maximum Gasteiger partial charge on any atom is 0.338 e. The minimum absolute atomic E-state index is 0.308. The van der Waals surface area contributed by atoms with Crippen LogP contribution in [0, 0.1) is 5.82 Å². The summed E-state index contributed by atoms with van der Waals surface area (Å²) in [4.78, 5) is 23.0. The highest BCUT2D eigenvalue weighted by Gasteiger charge is 2.10. The Balaban J connectivity index is 1.63. The molecule has 0 aliphatic carbocycles. The van der Waals surface area contributed by atoms with E-state index in [4.69, 9.17) is 9.47 Å². The van der Waals surface area contributed by atoms with E-state index in [-0.39, 0.29) is 11.8 Å². The molecular formula is C29H27FO4. The Morgan fingerprint density at radius 3 is 1.97 bits per heavy atom. The molecule has 0 N–H and O–H groups in total. The third-order valence-corrected chi connectivity index (χ3v) is 5.17. The summed E-state index contributed by atoms with van der Waals surface area (Å²) in [5.41, 5.74) is 4.63. The van der Waals surface area contributed by atoms with Crippen LogP contribution in [-0.2, 0) is 20.7 Å². The Hall–Kier alpha value is -3.99. The van der Waals surface area contributed by atoms with Gasteiger partial charge in [0.15, 0.2) is 0 Å². The summed E-state index contributed by atoms with van der Waals surface area (Å²) in [7, 11) is 0. The standard InChI is InChI=1S/C29H27FO4/c1-19(2)28(31)33-17-5-6-21-7-9-22(10-8-21)24-13-16-26(27(30)18-24)23-11-14-25(15-12-23)34-29(32)20(3)4/h7-16,18H,1,3,5-6,17H2,2,4H3. The number of aryl methyl sites for hydroxylation is 1. The van der Waals surface area contributed by atoms with E-state index in [1.807, 2.05) is 30.3 Å². The van der Waals surface area contributed by atoms with Gasteiger partial charge in [-0.05, 0) is 67.1 Å². The third-order valence-electron chi connectivity index (χ3n) is 5.17. The van der Waals surface area contributed by atoms with Gasteiger partial charge in [0.2, 0.25) is 0 Å². The summed E-state index contributed by atoms with van der Waals surface area (Å²) in [6, 6.07) is 19.7. The van der Waals surface area contributed by atoms with Gasteiger partial charge >= 0.3 is 11.9 Å². The van der Waals surface area contributed by atoms with Crippen molar-refractivity contribution in [3.63, 3.8) is 0 Å². The van der Waals surface area contributed by atoms with Crippen molar-refractivity contribution in [3.8, 4) is 28.0 Å². The SMILES string of the molecule is C=C(C)C(=O)OCCCc1ccc(-c2ccc(-c3ccc(OC(=O)C(=C)C)cc3)c(F)c2)cc1. The van der Waals surface area contributed by atoms with Crippen molar-refractivity contribution < 1.29 is 23.5 Å². The van der Waals surface area contributed by atoms with Crippen LogP contribution >= 0.6 is 0 Å². The molecule has 3 aromatic carbocycles. The molecule has 0 saturated heterocycles. The molecule has 0 aliphatic rings. The van der Waals surface area contributed by atoms with E-state index >= 15 is 0 Å². The zero-order valence-electron chi connectivity index (χ0n) is 19.4. The average Bonchev–Trinajstić information content (AvgIpc) is 2.82. The van der Waals surface area contributed by atoms with E-state index in [2.05, 4.69) is 13.2 Å². The lowest BCUT2D eigenvalue weighted by Crippen LogP contribution is -2.07. The highest BCUT2D eigenvalue weighted by atomic mass is 19.1. The van der Waals surface area contributed by atoms with Crippen molar-refractivity contribution >= 4 is 11.9 Å². The van der Waals surface area contributed by atoms with Crippen molar-refractivity contribution in [2.75, 3.05) is 6.61 Å². The normalized spacial score (nSPS) is 10.4. The van der Waals surface area contributed by atoms with Crippen LogP contribution in [0.3, 0.4) is 0 Å². The van der Waals surface area contributed by atoms with Crippen LogP contribution in [0.1, 0.15) is 25.8 Å². The second-order valence-electron chi connectivity index (χ2n) is 8.11. The van der Waals surface area contributed by atoms with Gasteiger partial charge in [-0.3, -0.25) is 0 Å². The Morgan fingerprint density at radius 2 is 1.38 bits per heavy atom. The molecule has 0 bridgehead atoms. The van der Waals surface area contributed by atoms with Crippen molar-refractivity contribution in [3.05, 3.63) is 102 Å². The molecule has 0 spiro atoms. The smallest absolute Gasteiger partial charge is 0.338 e. The molecule has 0 unspecified atom stereocenters. The average molecular weight is 459 g/mol. The molecule has 0 amide bonds. The van der Waals surface area contributed by atoms with Crippen molar-refractivity contribution in [2.24, 2.45) is 0 Å². The van der Waals surface area contributed by atoms with Gasteiger partial charge in [0.25, 0.3) is 0 Å². The Kier molecular flexibility index (Phi) is 8.14. The second kappa shape index (κ2) is 11.2. The summed E-state index contributed by atoms with van der Waals surface area (Å²) in [5, 5.41) is 0. The summed E-state index contributed by atoms with van der Waals surface area (Å²) < 4.78 is 25.2. The van der Waals surface area contributed by atoms with E-state index in [1.165, 1.54) is 6.07 Å². The fourth-order valence-electron chi connectivity index (χ4n) is 3.25. The third kappa shape index (κ3) is 6.51. The molecule has 34 heavy (non-hydrogen) atoms. The number of hydrogen-bond acceptors (Lipinski definition) is 4. The van der Waals surface area contributed by atoms with Gasteiger partial charge in [0.05, 0.1) is 6.61 Å². The molecule has 0 aliphatic heterocycles. The van der Waals surface area contributed by atoms with Crippen LogP contribution in [0.2, 0.25) is 0 Å². The predicted octanol–water partition coefficient (Wildman–Crippen LogP) is 6.69. The van der Waals surface area contributed by atoms with Gasteiger partial charge in [-0.1, -0.05) is 61.7 Å². The quantitative estimate of drug-likeness (QED) is 0.155. The van der Waals surface area contributed by atoms with Crippen LogP contribution in [0.15, 0.2) is 91.0 Å². The summed E-state index contributed by atoms with van der Waals surface area (Å²) in [6.45, 7) is 10.6. The van der Waals surface area contributed by atoms with E-state index in [9.17, 15) is 14.0 Å². The first-order valence-corrected chi connectivity index (χ1v) is 10.9. The number of hydrogen-bond donors (Lipinski definition) is 0. The largest absolute Gasteiger partial charge is 0.462 e. The number of rotatable bonds is 9. The number of ether oxygens (including phenoxy) is 2. The molecule has 3 aromatic rings. The number of carbonyl (C=O) groups excluding carboxylic acids is 2. The first-order chi connectivity index (χ1) is 16.2. The first kappa shape index (κ1) is 24.6. The van der Waals surface area contributed by atoms with E-state index < -0.39 is 5.97 Å². The topological polar surface area (TPSA) is 52.6 Å². The van der Waals surface area contributed by atoms with Crippen LogP contribution in [0.4, 0.5) is 4.39 Å². The molecule has 0 atom stereocenters. The van der Waals surface area contributed by atoms with Crippen LogP contribution in [-0.4, -0.2) is 18.5 Å². The van der Waals surface area contributed by atoms with E-state index in [0.29, 0.717) is 41.1 Å². The highest BCUT2D eigenvalue weighted by molar-refractivity contribution is 5.89. The Labute approximate surface area is 199 Å². The van der Waals surface area contributed by atoms with Gasteiger partial charge in [-0.2, -0.15) is 0 Å². The second-order valence-corrected chi connectivity index (χ2v) is 8.11. The Bertz CT molecular complexity index is 1210. The number of halogens is 1. The fraction of sp³-hybridized carbons (Fsp3) is 0.172. The number of esters is 2. The molecule has 0 heterocycles. The van der Waals surface area contributed by atoms with Gasteiger partial charge in [0, 0.05) is 16.7 Å². The lowest BCUT2D eigenvalue weighted by atomic mass is 9.98. The molecular weight excluding hydrogens is 431 g/mol. The fourth-order valence-corrected chi connectivity index (χ4v) is 3.25. The van der Waals surface area contributed by atoms with Gasteiger partial charge in [-0.25, -0.2) is 14.0 Å². The predicted molar refractivity (Wildman–Crippen MR) is 132 cm³/mol. The summed E-state index contributed by atoms with van der Waals surface area (Å²) >= 11 is 0. The maximum absolute atomic E-state index is 14.9. The van der Waals surface area contributed by atoms with Crippen molar-refractivity contribution in [2.45, 2.75) is 26.7 Å². The van der Waals surface area contributed by atoms with Crippen LogP contribution < -0.4 is 4.74 Å². The van der Waals surface area contributed by atoms with Gasteiger partial charge < -0.3 is 9.47 Å². The minimum atomic E-state index is -0.500. The molecule has 0 aromatic heterocycles. The Morgan fingerprint density at radius 1 is 0.794 bits per heavy atom. The molecule has 174 valence electrons. The van der Waals surface area contributed by atoms with E-state index in [0.717, 1.165) is 23.1 Å². The van der Waals surface area contributed by atoms with Gasteiger partial charge in [-0.15, -0.1) is 0 Å². The number of carbonyl (C=O) groups is 2. The monoisotopic (exact) mass is 458 g/mol. The zero-order chi connectivity index (χ0) is 24.7. The molecule has 5 heteroatoms. The lowest BCUT2D eigenvalue weighted by molar-refractivity contribution is -0.139. The number of benzene rings is 3. The molecule has 0 radical (unpaired) electrons. The van der Waals surface area contributed by atoms with Crippen LogP contribution in [0.25, 0.3) is 22.3 Å². The van der Waals surface area contributed by atoms with Crippen molar-refractivity contribution in [1.29, 1.82) is 0 Å². The molecule has 0 fully saturated rings. The molecule has 0 saturated carbocycles. The van der Waals surface area contributed by atoms with Crippen molar-refractivity contribution in [1.82, 2.24) is 0 Å². The summed E-state index contributed by atoms with van der Waals surface area (Å²) in [5.74, 6) is -0.834. The summed E-state index contributed by atoms with van der Waals surface area (Å²) in [6.07, 6.45) is 1.49. The molecule has 3 rings (SSSR count). The van der Waals surface area contributed by atoms with E-state index in [1.54, 1.807) is 44.2 Å². The van der Waals surface area contributed by atoms with Crippen LogP contribution in [0.5, 0.6) is 5.75 Å². The minimum Gasteiger partial charge on any atom is -0.462 e. The zero-order valence-corrected chi connectivity index (χ0v) is 19.4. The highest BCUT2D eigenvalue weighted by Crippen LogP contribution is 2.29. The first-order valence-electron chi connectivity index (χ1n) is 10.9. The van der Waals surface area contributed by atoms with Gasteiger partial charge in [0.1, 0.15) is 11.6 Å². The lowest BCUT2D eigenvalue weighted by Gasteiger charge is -2.09. The maximum atomic E-state index is 14.9. The molecule has 4 nitrogen and oxygen atoms in total.